The van der Waals surface area contributed by atoms with E-state index in [1.165, 1.54) is 19.3 Å². The van der Waals surface area contributed by atoms with Crippen LogP contribution in [0, 0.1) is 5.41 Å². The molecule has 2 rings (SSSR count). The van der Waals surface area contributed by atoms with E-state index in [-0.39, 0.29) is 0 Å². The van der Waals surface area contributed by atoms with Crippen molar-refractivity contribution in [2.24, 2.45) is 5.41 Å². The third-order valence-electron chi connectivity index (χ3n) is 3.80. The van der Waals surface area contributed by atoms with Gasteiger partial charge in [0.05, 0.1) is 0 Å². The van der Waals surface area contributed by atoms with Gasteiger partial charge in [-0.3, -0.25) is 0 Å². The Morgan fingerprint density at radius 2 is 2.19 bits per heavy atom. The van der Waals surface area contributed by atoms with Gasteiger partial charge < -0.3 is 5.32 Å². The molecule has 1 nitrogen and oxygen atoms in total. The van der Waals surface area contributed by atoms with E-state index in [1.54, 1.807) is 10.4 Å². The molecule has 0 bridgehead atoms. The summed E-state index contributed by atoms with van der Waals surface area (Å²) in [5.41, 5.74) is 1.90. The Bertz CT molecular complexity index is 348. The van der Waals surface area contributed by atoms with E-state index >= 15 is 0 Å². The predicted molar refractivity (Wildman–Crippen MR) is 72.1 cm³/mol. The van der Waals surface area contributed by atoms with Gasteiger partial charge in [-0.15, -0.1) is 11.3 Å². The summed E-state index contributed by atoms with van der Waals surface area (Å²) in [6, 6.07) is 3.46. The summed E-state index contributed by atoms with van der Waals surface area (Å²) < 4.78 is 0. The van der Waals surface area contributed by atoms with Crippen LogP contribution in [0.1, 0.15) is 57.0 Å². The average molecular weight is 237 g/mol. The van der Waals surface area contributed by atoms with Crippen molar-refractivity contribution in [1.29, 1.82) is 0 Å². The molecule has 1 heterocycles. The van der Waals surface area contributed by atoms with Gasteiger partial charge in [-0.25, -0.2) is 0 Å². The van der Waals surface area contributed by atoms with E-state index in [2.05, 4.69) is 44.5 Å². The molecule has 2 unspecified atom stereocenters. The third-order valence-corrected chi connectivity index (χ3v) is 4.80. The maximum Gasteiger partial charge on any atom is 0.0333 e. The zero-order valence-electron chi connectivity index (χ0n) is 10.8. The SMILES string of the molecule is CC(NC1CCCc2sccc21)C(C)(C)C. The molecule has 1 aliphatic carbocycles. The second-order valence-corrected chi connectivity index (χ2v) is 7.00. The Labute approximate surface area is 103 Å². The van der Waals surface area contributed by atoms with E-state index < -0.39 is 0 Å². The molecule has 0 saturated carbocycles. The average Bonchev–Trinajstić information content (AvgIpc) is 2.65. The molecule has 0 aliphatic heterocycles. The van der Waals surface area contributed by atoms with E-state index in [0.29, 0.717) is 17.5 Å². The number of nitrogens with one attached hydrogen (secondary N) is 1. The maximum atomic E-state index is 3.81. The van der Waals surface area contributed by atoms with Gasteiger partial charge in [-0.2, -0.15) is 0 Å². The van der Waals surface area contributed by atoms with Crippen molar-refractivity contribution < 1.29 is 0 Å². The van der Waals surface area contributed by atoms with Crippen LogP contribution in [-0.2, 0) is 6.42 Å². The zero-order chi connectivity index (χ0) is 11.8. The summed E-state index contributed by atoms with van der Waals surface area (Å²) in [6.07, 6.45) is 3.92. The first kappa shape index (κ1) is 12.1. The highest BCUT2D eigenvalue weighted by Gasteiger charge is 2.26. The van der Waals surface area contributed by atoms with Crippen molar-refractivity contribution in [3.05, 3.63) is 21.9 Å². The first-order valence-electron chi connectivity index (χ1n) is 6.31. The normalized spacial score (nSPS) is 22.9. The van der Waals surface area contributed by atoms with Crippen LogP contribution in [0.25, 0.3) is 0 Å². The topological polar surface area (TPSA) is 12.0 Å². The summed E-state index contributed by atoms with van der Waals surface area (Å²) in [5, 5.41) is 6.05. The molecule has 16 heavy (non-hydrogen) atoms. The lowest BCUT2D eigenvalue weighted by Gasteiger charge is -2.34. The molecule has 1 aliphatic rings. The second-order valence-electron chi connectivity index (χ2n) is 6.00. The minimum absolute atomic E-state index is 0.341. The lowest BCUT2D eigenvalue weighted by Crippen LogP contribution is -2.40. The third kappa shape index (κ3) is 2.49. The Kier molecular flexibility index (Phi) is 3.41. The molecule has 0 aromatic carbocycles. The summed E-state index contributed by atoms with van der Waals surface area (Å²) in [4.78, 5) is 1.60. The molecule has 0 radical (unpaired) electrons. The van der Waals surface area contributed by atoms with Gasteiger partial charge in [-0.1, -0.05) is 20.8 Å². The van der Waals surface area contributed by atoms with Gasteiger partial charge in [0.2, 0.25) is 0 Å². The van der Waals surface area contributed by atoms with Gasteiger partial charge in [-0.05, 0) is 48.6 Å². The Balaban J connectivity index is 2.08. The highest BCUT2D eigenvalue weighted by atomic mass is 32.1. The van der Waals surface area contributed by atoms with Crippen molar-refractivity contribution in [1.82, 2.24) is 5.32 Å². The zero-order valence-corrected chi connectivity index (χ0v) is 11.7. The lowest BCUT2D eigenvalue weighted by molar-refractivity contribution is 0.254. The number of hydrogen-bond donors (Lipinski definition) is 1. The Morgan fingerprint density at radius 3 is 2.88 bits per heavy atom. The minimum Gasteiger partial charge on any atom is -0.307 e. The summed E-state index contributed by atoms with van der Waals surface area (Å²) >= 11 is 1.92. The van der Waals surface area contributed by atoms with Crippen LogP contribution in [0.3, 0.4) is 0 Å². The molecule has 1 aromatic rings. The Hall–Kier alpha value is -0.340. The van der Waals surface area contributed by atoms with Crippen LogP contribution in [0.2, 0.25) is 0 Å². The molecule has 2 atom stereocenters. The molecule has 90 valence electrons. The fourth-order valence-electron chi connectivity index (χ4n) is 2.21. The fraction of sp³-hybridized carbons (Fsp3) is 0.714. The van der Waals surface area contributed by atoms with Crippen LogP contribution in [0.5, 0.6) is 0 Å². The quantitative estimate of drug-likeness (QED) is 0.815. The maximum absolute atomic E-state index is 3.81. The van der Waals surface area contributed by atoms with Crippen LogP contribution in [0.4, 0.5) is 0 Å². The molecule has 0 fully saturated rings. The molecule has 1 N–H and O–H groups in total. The largest absolute Gasteiger partial charge is 0.307 e. The standard InChI is InChI=1S/C14H23NS/c1-10(14(2,3)4)15-12-6-5-7-13-11(12)8-9-16-13/h8-10,12,15H,5-7H2,1-4H3. The van der Waals surface area contributed by atoms with Gasteiger partial charge in [0.1, 0.15) is 0 Å². The van der Waals surface area contributed by atoms with E-state index in [0.717, 1.165) is 0 Å². The summed E-state index contributed by atoms with van der Waals surface area (Å²) in [7, 11) is 0. The number of hydrogen-bond acceptors (Lipinski definition) is 2. The van der Waals surface area contributed by atoms with Crippen molar-refractivity contribution in [3.8, 4) is 0 Å². The van der Waals surface area contributed by atoms with Crippen molar-refractivity contribution in [2.45, 2.75) is 59.0 Å². The minimum atomic E-state index is 0.341. The highest BCUT2D eigenvalue weighted by Crippen LogP contribution is 2.34. The summed E-state index contributed by atoms with van der Waals surface area (Å²) in [6.45, 7) is 9.23. The molecule has 0 saturated heterocycles. The molecule has 0 amide bonds. The van der Waals surface area contributed by atoms with Gasteiger partial charge in [0, 0.05) is 17.0 Å². The number of aryl methyl sites for hydroxylation is 1. The smallest absolute Gasteiger partial charge is 0.0333 e. The molecular formula is C14H23NS. The first-order valence-corrected chi connectivity index (χ1v) is 7.19. The number of fused-ring (bicyclic) bond motifs is 1. The first-order chi connectivity index (χ1) is 7.48. The monoisotopic (exact) mass is 237 g/mol. The van der Waals surface area contributed by atoms with Crippen LogP contribution in [0.15, 0.2) is 11.4 Å². The number of thiophene rings is 1. The van der Waals surface area contributed by atoms with Crippen molar-refractivity contribution in [3.63, 3.8) is 0 Å². The van der Waals surface area contributed by atoms with E-state index in [1.807, 2.05) is 11.3 Å². The van der Waals surface area contributed by atoms with Crippen LogP contribution in [-0.4, -0.2) is 6.04 Å². The van der Waals surface area contributed by atoms with E-state index in [4.69, 9.17) is 0 Å². The fourth-order valence-corrected chi connectivity index (χ4v) is 3.20. The molecule has 2 heteroatoms. The van der Waals surface area contributed by atoms with Gasteiger partial charge in [0.15, 0.2) is 0 Å². The van der Waals surface area contributed by atoms with Crippen molar-refractivity contribution >= 4 is 11.3 Å². The van der Waals surface area contributed by atoms with Gasteiger partial charge in [0.25, 0.3) is 0 Å². The van der Waals surface area contributed by atoms with Crippen LogP contribution < -0.4 is 5.32 Å². The molecular weight excluding hydrogens is 214 g/mol. The molecule has 1 aromatic heterocycles. The second kappa shape index (κ2) is 4.50. The highest BCUT2D eigenvalue weighted by molar-refractivity contribution is 7.10. The van der Waals surface area contributed by atoms with Crippen molar-refractivity contribution in [2.75, 3.05) is 0 Å². The lowest BCUT2D eigenvalue weighted by atomic mass is 9.85. The Morgan fingerprint density at radius 1 is 1.44 bits per heavy atom. The van der Waals surface area contributed by atoms with E-state index in [9.17, 15) is 0 Å². The predicted octanol–water partition coefficient (Wildman–Crippen LogP) is 4.15. The van der Waals surface area contributed by atoms with Crippen LogP contribution >= 0.6 is 11.3 Å². The molecule has 0 spiro atoms. The summed E-state index contributed by atoms with van der Waals surface area (Å²) in [5.74, 6) is 0. The number of rotatable bonds is 2. The van der Waals surface area contributed by atoms with Gasteiger partial charge >= 0.3 is 0 Å².